The molecule has 2 N–H and O–H groups in total. The van der Waals surface area contributed by atoms with E-state index in [1.165, 1.54) is 6.21 Å². The summed E-state index contributed by atoms with van der Waals surface area (Å²) in [6, 6.07) is 14.0. The second-order valence-electron chi connectivity index (χ2n) is 4.90. The Labute approximate surface area is 137 Å². The molecule has 0 radical (unpaired) electrons. The van der Waals surface area contributed by atoms with Crippen LogP contribution < -0.4 is 15.7 Å². The van der Waals surface area contributed by atoms with Crippen molar-refractivity contribution >= 4 is 23.0 Å². The number of aromatic nitrogens is 2. The maximum atomic E-state index is 12.1. The summed E-state index contributed by atoms with van der Waals surface area (Å²) in [4.78, 5) is 30.6. The third kappa shape index (κ3) is 3.30. The average Bonchev–Trinajstić information content (AvgIpc) is 2.62. The van der Waals surface area contributed by atoms with Crippen molar-refractivity contribution in [2.75, 3.05) is 7.11 Å². The fraction of sp³-hybridized carbons (Fsp3) is 0.0588. The Morgan fingerprint density at radius 1 is 1.21 bits per heavy atom. The second kappa shape index (κ2) is 6.74. The molecule has 0 saturated heterocycles. The molecular weight excluding hydrogens is 308 g/mol. The Hall–Kier alpha value is -3.48. The lowest BCUT2D eigenvalue weighted by molar-refractivity contribution is 0.0945. The quantitative estimate of drug-likeness (QED) is 0.564. The highest BCUT2D eigenvalue weighted by molar-refractivity contribution is 5.93. The number of hydrogen-bond donors (Lipinski definition) is 2. The Balaban J connectivity index is 1.75. The standard InChI is InChI=1S/C17H14N4O3/c1-24-12-8-6-11(7-9-12)10-18-21-17(23)15-19-14-5-3-2-4-13(14)16(22)20-15/h2-10H,1H3,(H,21,23)(H,19,20,22)/b18-10-. The smallest absolute Gasteiger partial charge is 0.307 e. The first kappa shape index (κ1) is 15.4. The number of methoxy groups -OCH3 is 1. The van der Waals surface area contributed by atoms with Crippen LogP contribution >= 0.6 is 0 Å². The van der Waals surface area contributed by atoms with E-state index in [0.717, 1.165) is 11.3 Å². The van der Waals surface area contributed by atoms with Crippen molar-refractivity contribution in [3.63, 3.8) is 0 Å². The molecule has 2 aromatic carbocycles. The first-order valence-corrected chi connectivity index (χ1v) is 7.14. The molecule has 24 heavy (non-hydrogen) atoms. The minimum atomic E-state index is -0.595. The molecule has 0 aliphatic rings. The van der Waals surface area contributed by atoms with Crippen LogP contribution in [0.2, 0.25) is 0 Å². The van der Waals surface area contributed by atoms with E-state index in [1.54, 1.807) is 55.6 Å². The van der Waals surface area contributed by atoms with Gasteiger partial charge in [-0.2, -0.15) is 5.10 Å². The highest BCUT2D eigenvalue weighted by Gasteiger charge is 2.10. The molecule has 3 aromatic rings. The maximum Gasteiger partial charge on any atom is 0.307 e. The molecule has 0 fully saturated rings. The van der Waals surface area contributed by atoms with Gasteiger partial charge in [0.1, 0.15) is 5.75 Å². The van der Waals surface area contributed by atoms with Gasteiger partial charge in [0.2, 0.25) is 5.82 Å². The number of benzene rings is 2. The van der Waals surface area contributed by atoms with Crippen molar-refractivity contribution in [2.45, 2.75) is 0 Å². The van der Waals surface area contributed by atoms with E-state index in [0.29, 0.717) is 10.9 Å². The summed E-state index contributed by atoms with van der Waals surface area (Å²) >= 11 is 0. The lowest BCUT2D eigenvalue weighted by Gasteiger charge is -2.02. The highest BCUT2D eigenvalue weighted by atomic mass is 16.5. The number of rotatable bonds is 4. The monoisotopic (exact) mass is 322 g/mol. The Bertz CT molecular complexity index is 961. The van der Waals surface area contributed by atoms with E-state index >= 15 is 0 Å². The van der Waals surface area contributed by atoms with E-state index in [9.17, 15) is 9.59 Å². The van der Waals surface area contributed by atoms with Gasteiger partial charge in [-0.15, -0.1) is 0 Å². The van der Waals surface area contributed by atoms with Crippen LogP contribution in [0.5, 0.6) is 5.75 Å². The fourth-order valence-corrected chi connectivity index (χ4v) is 2.10. The Kier molecular flexibility index (Phi) is 4.33. The number of hydrogen-bond acceptors (Lipinski definition) is 5. The van der Waals surface area contributed by atoms with Crippen molar-refractivity contribution < 1.29 is 9.53 Å². The minimum absolute atomic E-state index is 0.0921. The summed E-state index contributed by atoms with van der Waals surface area (Å²) in [6.45, 7) is 0. The van der Waals surface area contributed by atoms with Crippen LogP contribution in [0.3, 0.4) is 0 Å². The number of nitrogens with one attached hydrogen (secondary N) is 2. The van der Waals surface area contributed by atoms with Crippen LogP contribution in [0.4, 0.5) is 0 Å². The van der Waals surface area contributed by atoms with E-state index in [2.05, 4.69) is 20.5 Å². The van der Waals surface area contributed by atoms with E-state index < -0.39 is 5.91 Å². The van der Waals surface area contributed by atoms with Crippen molar-refractivity contribution in [1.29, 1.82) is 0 Å². The summed E-state index contributed by atoms with van der Waals surface area (Å²) in [7, 11) is 1.58. The molecule has 0 aliphatic heterocycles. The zero-order valence-corrected chi connectivity index (χ0v) is 12.8. The van der Waals surface area contributed by atoms with Crippen molar-refractivity contribution in [3.8, 4) is 5.75 Å². The number of fused-ring (bicyclic) bond motifs is 1. The minimum Gasteiger partial charge on any atom is -0.497 e. The third-order valence-electron chi connectivity index (χ3n) is 3.32. The predicted molar refractivity (Wildman–Crippen MR) is 90.4 cm³/mol. The lowest BCUT2D eigenvalue weighted by atomic mass is 10.2. The molecule has 1 amide bonds. The molecule has 0 bridgehead atoms. The predicted octanol–water partition coefficient (Wildman–Crippen LogP) is 1.70. The second-order valence-corrected chi connectivity index (χ2v) is 4.90. The van der Waals surface area contributed by atoms with Gasteiger partial charge in [-0.1, -0.05) is 12.1 Å². The molecule has 0 saturated carbocycles. The van der Waals surface area contributed by atoms with Gasteiger partial charge in [0.25, 0.3) is 5.56 Å². The molecule has 3 rings (SSSR count). The van der Waals surface area contributed by atoms with Crippen LogP contribution in [-0.4, -0.2) is 29.2 Å². The van der Waals surface area contributed by atoms with Crippen LogP contribution in [-0.2, 0) is 0 Å². The summed E-state index contributed by atoms with van der Waals surface area (Å²) < 4.78 is 5.06. The van der Waals surface area contributed by atoms with Gasteiger partial charge >= 0.3 is 5.91 Å². The summed E-state index contributed by atoms with van der Waals surface area (Å²) in [6.07, 6.45) is 1.48. The molecule has 1 aromatic heterocycles. The molecular formula is C17H14N4O3. The van der Waals surface area contributed by atoms with Crippen molar-refractivity contribution in [3.05, 3.63) is 70.3 Å². The van der Waals surface area contributed by atoms with Crippen molar-refractivity contribution in [1.82, 2.24) is 15.4 Å². The van der Waals surface area contributed by atoms with E-state index in [-0.39, 0.29) is 11.4 Å². The number of H-pyrrole nitrogens is 1. The fourth-order valence-electron chi connectivity index (χ4n) is 2.10. The maximum absolute atomic E-state index is 12.1. The highest BCUT2D eigenvalue weighted by Crippen LogP contribution is 2.09. The van der Waals surface area contributed by atoms with Crippen LogP contribution in [0.15, 0.2) is 58.4 Å². The average molecular weight is 322 g/mol. The molecule has 0 aliphatic carbocycles. The molecule has 0 atom stereocenters. The number of para-hydroxylation sites is 1. The number of amides is 1. The van der Waals surface area contributed by atoms with Crippen LogP contribution in [0, 0.1) is 0 Å². The van der Waals surface area contributed by atoms with Gasteiger partial charge in [0.15, 0.2) is 0 Å². The summed E-state index contributed by atoms with van der Waals surface area (Å²) in [5.74, 6) is 0.0438. The van der Waals surface area contributed by atoms with Gasteiger partial charge in [-0.25, -0.2) is 10.4 Å². The number of carbonyl (C=O) groups is 1. The first-order chi connectivity index (χ1) is 11.7. The molecule has 1 heterocycles. The van der Waals surface area contributed by atoms with Gasteiger partial charge in [0, 0.05) is 0 Å². The molecule has 0 unspecified atom stereocenters. The number of aromatic amines is 1. The lowest BCUT2D eigenvalue weighted by Crippen LogP contribution is -2.24. The van der Waals surface area contributed by atoms with Gasteiger partial charge in [0.05, 0.1) is 24.2 Å². The van der Waals surface area contributed by atoms with Gasteiger partial charge in [-0.05, 0) is 42.0 Å². The molecule has 7 nitrogen and oxygen atoms in total. The van der Waals surface area contributed by atoms with E-state index in [4.69, 9.17) is 4.74 Å². The largest absolute Gasteiger partial charge is 0.497 e. The summed E-state index contributed by atoms with van der Waals surface area (Å²) in [5.41, 5.74) is 3.20. The first-order valence-electron chi connectivity index (χ1n) is 7.14. The van der Waals surface area contributed by atoms with Gasteiger partial charge < -0.3 is 9.72 Å². The molecule has 120 valence electrons. The van der Waals surface area contributed by atoms with Crippen LogP contribution in [0.25, 0.3) is 10.9 Å². The Morgan fingerprint density at radius 2 is 1.96 bits per heavy atom. The Morgan fingerprint density at radius 3 is 2.71 bits per heavy atom. The number of hydrazone groups is 1. The normalized spacial score (nSPS) is 10.9. The number of nitrogens with zero attached hydrogens (tertiary/aromatic N) is 2. The SMILES string of the molecule is COc1ccc(/C=N\NC(=O)c2nc3ccccc3c(=O)[nH]2)cc1. The molecule has 0 spiro atoms. The van der Waals surface area contributed by atoms with Crippen molar-refractivity contribution in [2.24, 2.45) is 5.10 Å². The third-order valence-corrected chi connectivity index (χ3v) is 3.32. The zero-order valence-electron chi connectivity index (χ0n) is 12.8. The summed E-state index contributed by atoms with van der Waals surface area (Å²) in [5, 5.41) is 4.28. The number of ether oxygens (including phenoxy) is 1. The number of carbonyl (C=O) groups excluding carboxylic acids is 1. The van der Waals surface area contributed by atoms with E-state index in [1.807, 2.05) is 0 Å². The molecule has 7 heteroatoms. The van der Waals surface area contributed by atoms with Gasteiger partial charge in [-0.3, -0.25) is 9.59 Å². The zero-order chi connectivity index (χ0) is 16.9. The van der Waals surface area contributed by atoms with Crippen LogP contribution in [0.1, 0.15) is 16.2 Å². The topological polar surface area (TPSA) is 96.4 Å².